The molecule has 2 nitrogen and oxygen atoms in total. The van der Waals surface area contributed by atoms with Crippen molar-refractivity contribution in [1.82, 2.24) is 0 Å². The minimum absolute atomic E-state index is 0.0480. The lowest BCUT2D eigenvalue weighted by Crippen LogP contribution is -2.10. The second kappa shape index (κ2) is 4.51. The predicted molar refractivity (Wildman–Crippen MR) is 55.8 cm³/mol. The van der Waals surface area contributed by atoms with Gasteiger partial charge in [-0.25, -0.2) is 0 Å². The third-order valence-electron chi connectivity index (χ3n) is 1.67. The molecule has 1 N–H and O–H groups in total. The van der Waals surface area contributed by atoms with Crippen LogP contribution in [0.15, 0.2) is 12.1 Å². The molecule has 0 fully saturated rings. The van der Waals surface area contributed by atoms with Gasteiger partial charge in [-0.2, -0.15) is 13.2 Å². The van der Waals surface area contributed by atoms with Crippen molar-refractivity contribution in [1.29, 1.82) is 0 Å². The van der Waals surface area contributed by atoms with Gasteiger partial charge < -0.3 is 5.32 Å². The maximum Gasteiger partial charge on any atom is 0.417 e. The van der Waals surface area contributed by atoms with Crippen molar-refractivity contribution in [3.05, 3.63) is 27.7 Å². The summed E-state index contributed by atoms with van der Waals surface area (Å²) in [4.78, 5) is 10.7. The maximum absolute atomic E-state index is 12.5. The largest absolute Gasteiger partial charge is 0.417 e. The average Bonchev–Trinajstić information content (AvgIpc) is 2.06. The van der Waals surface area contributed by atoms with Gasteiger partial charge in [-0.3, -0.25) is 4.79 Å². The van der Waals surface area contributed by atoms with Crippen LogP contribution in [0, 0.1) is 0 Å². The molecule has 88 valence electrons. The second-order valence-electron chi connectivity index (χ2n) is 2.99. The van der Waals surface area contributed by atoms with Crippen molar-refractivity contribution >= 4 is 34.8 Å². The number of benzene rings is 1. The maximum atomic E-state index is 12.5. The van der Waals surface area contributed by atoms with Crippen molar-refractivity contribution in [3.63, 3.8) is 0 Å². The van der Waals surface area contributed by atoms with E-state index in [1.807, 2.05) is 0 Å². The zero-order valence-electron chi connectivity index (χ0n) is 7.95. The summed E-state index contributed by atoms with van der Waals surface area (Å²) in [5.74, 6) is -0.516. The van der Waals surface area contributed by atoms with E-state index in [4.69, 9.17) is 23.2 Å². The number of amides is 1. The molecule has 0 aliphatic carbocycles. The zero-order valence-corrected chi connectivity index (χ0v) is 9.46. The Balaban J connectivity index is 3.27. The van der Waals surface area contributed by atoms with Crippen molar-refractivity contribution in [2.45, 2.75) is 13.1 Å². The molecule has 0 atom stereocenters. The van der Waals surface area contributed by atoms with E-state index in [2.05, 4.69) is 5.32 Å². The van der Waals surface area contributed by atoms with E-state index in [1.165, 1.54) is 0 Å². The first-order valence-electron chi connectivity index (χ1n) is 4.05. The zero-order chi connectivity index (χ0) is 12.5. The lowest BCUT2D eigenvalue weighted by molar-refractivity contribution is -0.137. The molecule has 1 aromatic carbocycles. The van der Waals surface area contributed by atoms with Crippen LogP contribution >= 0.6 is 23.2 Å². The van der Waals surface area contributed by atoms with E-state index >= 15 is 0 Å². The third kappa shape index (κ3) is 3.02. The minimum atomic E-state index is -4.59. The molecule has 0 saturated heterocycles. The number of anilines is 1. The van der Waals surface area contributed by atoms with Crippen LogP contribution in [0.1, 0.15) is 12.5 Å². The molecular formula is C9H6Cl2F3NO. The lowest BCUT2D eigenvalue weighted by Gasteiger charge is -2.12. The summed E-state index contributed by atoms with van der Waals surface area (Å²) < 4.78 is 37.4. The first-order chi connectivity index (χ1) is 7.21. The van der Waals surface area contributed by atoms with E-state index in [1.54, 1.807) is 0 Å². The number of hydrogen-bond donors (Lipinski definition) is 1. The second-order valence-corrected chi connectivity index (χ2v) is 3.81. The fraction of sp³-hybridized carbons (Fsp3) is 0.222. The molecule has 1 amide bonds. The summed E-state index contributed by atoms with van der Waals surface area (Å²) in [5, 5.41) is 1.63. The van der Waals surface area contributed by atoms with Gasteiger partial charge in [0.05, 0.1) is 21.3 Å². The van der Waals surface area contributed by atoms with E-state index < -0.39 is 22.7 Å². The van der Waals surface area contributed by atoms with Crippen molar-refractivity contribution in [2.24, 2.45) is 0 Å². The van der Waals surface area contributed by atoms with Crippen LogP contribution in [0.2, 0.25) is 10.0 Å². The van der Waals surface area contributed by atoms with E-state index in [0.29, 0.717) is 6.07 Å². The van der Waals surface area contributed by atoms with Crippen molar-refractivity contribution in [3.8, 4) is 0 Å². The Kier molecular flexibility index (Phi) is 3.70. The van der Waals surface area contributed by atoms with Gasteiger partial charge in [0.2, 0.25) is 5.91 Å². The molecule has 0 saturated carbocycles. The minimum Gasteiger partial charge on any atom is -0.325 e. The molecular weight excluding hydrogens is 266 g/mol. The normalized spacial score (nSPS) is 11.4. The monoisotopic (exact) mass is 271 g/mol. The van der Waals surface area contributed by atoms with Crippen LogP contribution in [-0.4, -0.2) is 5.91 Å². The molecule has 0 heterocycles. The average molecular weight is 272 g/mol. The van der Waals surface area contributed by atoms with E-state index in [0.717, 1.165) is 13.0 Å². The Hall–Kier alpha value is -0.940. The molecule has 0 unspecified atom stereocenters. The highest BCUT2D eigenvalue weighted by Gasteiger charge is 2.34. The summed E-state index contributed by atoms with van der Waals surface area (Å²) in [6.45, 7) is 1.16. The first kappa shape index (κ1) is 13.1. The molecule has 0 aromatic heterocycles. The molecule has 0 spiro atoms. The molecule has 0 bridgehead atoms. The van der Waals surface area contributed by atoms with Gasteiger partial charge in [0, 0.05) is 6.92 Å². The summed E-state index contributed by atoms with van der Waals surface area (Å²) >= 11 is 11.0. The number of alkyl halides is 3. The molecule has 7 heteroatoms. The van der Waals surface area contributed by atoms with Crippen LogP contribution in [0.4, 0.5) is 18.9 Å². The molecule has 0 aliphatic heterocycles. The number of hydrogen-bond acceptors (Lipinski definition) is 1. The summed E-state index contributed by atoms with van der Waals surface area (Å²) in [7, 11) is 0. The topological polar surface area (TPSA) is 29.1 Å². The Morgan fingerprint density at radius 1 is 1.25 bits per heavy atom. The highest BCUT2D eigenvalue weighted by molar-refractivity contribution is 6.37. The van der Waals surface area contributed by atoms with Gasteiger partial charge in [-0.05, 0) is 12.1 Å². The molecule has 1 rings (SSSR count). The fourth-order valence-electron chi connectivity index (χ4n) is 1.05. The fourth-order valence-corrected chi connectivity index (χ4v) is 1.59. The third-order valence-corrected chi connectivity index (χ3v) is 2.30. The quantitative estimate of drug-likeness (QED) is 0.823. The Morgan fingerprint density at radius 3 is 2.25 bits per heavy atom. The summed E-state index contributed by atoms with van der Waals surface area (Å²) in [5.41, 5.74) is -1.16. The van der Waals surface area contributed by atoms with Crippen LogP contribution in [0.25, 0.3) is 0 Å². The number of rotatable bonds is 1. The van der Waals surface area contributed by atoms with Gasteiger partial charge in [-0.1, -0.05) is 23.2 Å². The van der Waals surface area contributed by atoms with Crippen LogP contribution in [0.3, 0.4) is 0 Å². The SMILES string of the molecule is CC(=O)Nc1cc(C(F)(F)F)c(Cl)cc1Cl. The van der Waals surface area contributed by atoms with Crippen LogP contribution < -0.4 is 5.32 Å². The number of carbonyl (C=O) groups is 1. The highest BCUT2D eigenvalue weighted by Crippen LogP contribution is 2.39. The van der Waals surface area contributed by atoms with E-state index in [-0.39, 0.29) is 10.7 Å². The number of halogens is 5. The van der Waals surface area contributed by atoms with E-state index in [9.17, 15) is 18.0 Å². The number of nitrogens with one attached hydrogen (secondary N) is 1. The predicted octanol–water partition coefficient (Wildman–Crippen LogP) is 3.97. The molecule has 0 radical (unpaired) electrons. The Labute approximate surface area is 99.3 Å². The molecule has 1 aromatic rings. The molecule has 16 heavy (non-hydrogen) atoms. The Morgan fingerprint density at radius 2 is 1.81 bits per heavy atom. The van der Waals surface area contributed by atoms with Crippen molar-refractivity contribution in [2.75, 3.05) is 5.32 Å². The Bertz CT molecular complexity index is 431. The highest BCUT2D eigenvalue weighted by atomic mass is 35.5. The standard InChI is InChI=1S/C9H6Cl2F3NO/c1-4(16)15-8-2-5(9(12,13)14)6(10)3-7(8)11/h2-3H,1H3,(H,15,16). The van der Waals surface area contributed by atoms with Gasteiger partial charge in [0.15, 0.2) is 0 Å². The van der Waals surface area contributed by atoms with Crippen LogP contribution in [0.5, 0.6) is 0 Å². The van der Waals surface area contributed by atoms with Gasteiger partial charge in [0.25, 0.3) is 0 Å². The van der Waals surface area contributed by atoms with Gasteiger partial charge in [-0.15, -0.1) is 0 Å². The van der Waals surface area contributed by atoms with Gasteiger partial charge in [0.1, 0.15) is 0 Å². The lowest BCUT2D eigenvalue weighted by atomic mass is 10.2. The van der Waals surface area contributed by atoms with Crippen molar-refractivity contribution < 1.29 is 18.0 Å². The first-order valence-corrected chi connectivity index (χ1v) is 4.81. The smallest absolute Gasteiger partial charge is 0.325 e. The van der Waals surface area contributed by atoms with Gasteiger partial charge >= 0.3 is 6.18 Å². The number of carbonyl (C=O) groups excluding carboxylic acids is 1. The molecule has 0 aliphatic rings. The summed E-state index contributed by atoms with van der Waals surface area (Å²) in [6.07, 6.45) is -4.59. The van der Waals surface area contributed by atoms with Crippen LogP contribution in [-0.2, 0) is 11.0 Å². The summed E-state index contributed by atoms with van der Waals surface area (Å²) in [6, 6.07) is 1.64.